The molecule has 0 bridgehead atoms. The van der Waals surface area contributed by atoms with Crippen molar-refractivity contribution in [2.75, 3.05) is 11.9 Å². The molecule has 0 aliphatic carbocycles. The second-order valence-electron chi connectivity index (χ2n) is 6.43. The van der Waals surface area contributed by atoms with Gasteiger partial charge >= 0.3 is 11.8 Å². The molecule has 0 spiro atoms. The van der Waals surface area contributed by atoms with Crippen LogP contribution in [0.2, 0.25) is 0 Å². The first-order valence-electron chi connectivity index (χ1n) is 9.60. The lowest BCUT2D eigenvalue weighted by molar-refractivity contribution is -0.136. The number of rotatable bonds is 10. The first-order chi connectivity index (χ1) is 13.6. The minimum absolute atomic E-state index is 0.229. The summed E-state index contributed by atoms with van der Waals surface area (Å²) in [6.07, 6.45) is 6.84. The predicted octanol–water partition coefficient (Wildman–Crippen LogP) is 3.23. The van der Waals surface area contributed by atoms with Gasteiger partial charge in [0, 0.05) is 6.54 Å². The van der Waals surface area contributed by atoms with Gasteiger partial charge in [-0.3, -0.25) is 14.4 Å². The van der Waals surface area contributed by atoms with Crippen molar-refractivity contribution >= 4 is 23.4 Å². The molecule has 0 aliphatic rings. The van der Waals surface area contributed by atoms with Crippen LogP contribution in [0.1, 0.15) is 55.1 Å². The van der Waals surface area contributed by atoms with Crippen molar-refractivity contribution in [3.63, 3.8) is 0 Å². The van der Waals surface area contributed by atoms with Crippen molar-refractivity contribution in [3.8, 4) is 0 Å². The molecule has 0 radical (unpaired) electrons. The van der Waals surface area contributed by atoms with E-state index in [2.05, 4.69) is 22.9 Å². The molecule has 1 heterocycles. The van der Waals surface area contributed by atoms with Crippen LogP contribution in [0.3, 0.4) is 0 Å². The SMILES string of the molecule is CCCCCCCNC(=O)C(=O)Nc1ccccc1C(=O)NCc1ccco1. The van der Waals surface area contributed by atoms with Crippen LogP contribution in [0.4, 0.5) is 5.69 Å². The molecule has 150 valence electrons. The van der Waals surface area contributed by atoms with Gasteiger partial charge in [0.15, 0.2) is 0 Å². The van der Waals surface area contributed by atoms with Crippen LogP contribution in [-0.2, 0) is 16.1 Å². The molecule has 0 unspecified atom stereocenters. The van der Waals surface area contributed by atoms with Gasteiger partial charge in [0.05, 0.1) is 24.1 Å². The number of nitrogens with one attached hydrogen (secondary N) is 3. The summed E-state index contributed by atoms with van der Waals surface area (Å²) in [5, 5.41) is 7.84. The maximum absolute atomic E-state index is 12.4. The van der Waals surface area contributed by atoms with Crippen LogP contribution in [-0.4, -0.2) is 24.3 Å². The fourth-order valence-corrected chi connectivity index (χ4v) is 2.66. The Morgan fingerprint density at radius 3 is 2.43 bits per heavy atom. The normalized spacial score (nSPS) is 10.3. The maximum Gasteiger partial charge on any atom is 0.313 e. The van der Waals surface area contributed by atoms with Crippen LogP contribution in [0.15, 0.2) is 47.1 Å². The van der Waals surface area contributed by atoms with Crippen molar-refractivity contribution < 1.29 is 18.8 Å². The van der Waals surface area contributed by atoms with E-state index in [1.54, 1.807) is 36.4 Å². The minimum atomic E-state index is -0.792. The minimum Gasteiger partial charge on any atom is -0.467 e. The molecule has 0 saturated carbocycles. The Morgan fingerprint density at radius 1 is 0.893 bits per heavy atom. The number of amides is 3. The Labute approximate surface area is 164 Å². The number of benzene rings is 1. The van der Waals surface area contributed by atoms with Gasteiger partial charge in [0.1, 0.15) is 5.76 Å². The molecule has 7 heteroatoms. The lowest BCUT2D eigenvalue weighted by Crippen LogP contribution is -2.36. The van der Waals surface area contributed by atoms with Gasteiger partial charge < -0.3 is 20.4 Å². The number of para-hydroxylation sites is 1. The Bertz CT molecular complexity index is 772. The zero-order valence-electron chi connectivity index (χ0n) is 16.1. The van der Waals surface area contributed by atoms with E-state index in [0.29, 0.717) is 12.3 Å². The monoisotopic (exact) mass is 385 g/mol. The van der Waals surface area contributed by atoms with E-state index >= 15 is 0 Å². The van der Waals surface area contributed by atoms with E-state index in [0.717, 1.165) is 25.7 Å². The summed E-state index contributed by atoms with van der Waals surface area (Å²) < 4.78 is 5.18. The highest BCUT2D eigenvalue weighted by Crippen LogP contribution is 2.15. The molecule has 0 fully saturated rings. The highest BCUT2D eigenvalue weighted by molar-refractivity contribution is 6.40. The fourth-order valence-electron chi connectivity index (χ4n) is 2.66. The first-order valence-corrected chi connectivity index (χ1v) is 9.60. The summed E-state index contributed by atoms with van der Waals surface area (Å²) in [6, 6.07) is 10.0. The van der Waals surface area contributed by atoms with Crippen molar-refractivity contribution in [2.24, 2.45) is 0 Å². The van der Waals surface area contributed by atoms with E-state index in [1.165, 1.54) is 12.7 Å². The number of hydrogen-bond donors (Lipinski definition) is 3. The summed E-state index contributed by atoms with van der Waals surface area (Å²) in [6.45, 7) is 2.83. The van der Waals surface area contributed by atoms with Crippen LogP contribution >= 0.6 is 0 Å². The molecule has 3 N–H and O–H groups in total. The smallest absolute Gasteiger partial charge is 0.313 e. The highest BCUT2D eigenvalue weighted by Gasteiger charge is 2.17. The predicted molar refractivity (Wildman–Crippen MR) is 107 cm³/mol. The Hall–Kier alpha value is -3.09. The Balaban J connectivity index is 1.84. The van der Waals surface area contributed by atoms with E-state index in [-0.39, 0.29) is 23.7 Å². The molecule has 7 nitrogen and oxygen atoms in total. The van der Waals surface area contributed by atoms with Crippen molar-refractivity contribution in [3.05, 3.63) is 54.0 Å². The molecule has 0 saturated heterocycles. The van der Waals surface area contributed by atoms with E-state index in [4.69, 9.17) is 4.42 Å². The first kappa shape index (κ1) is 21.2. The fraction of sp³-hybridized carbons (Fsp3) is 0.381. The number of unbranched alkanes of at least 4 members (excludes halogenated alkanes) is 4. The lowest BCUT2D eigenvalue weighted by Gasteiger charge is -2.11. The van der Waals surface area contributed by atoms with Gasteiger partial charge in [-0.05, 0) is 30.7 Å². The summed E-state index contributed by atoms with van der Waals surface area (Å²) in [7, 11) is 0. The largest absolute Gasteiger partial charge is 0.467 e. The van der Waals surface area contributed by atoms with Gasteiger partial charge in [-0.15, -0.1) is 0 Å². The molecule has 28 heavy (non-hydrogen) atoms. The van der Waals surface area contributed by atoms with Crippen molar-refractivity contribution in [1.82, 2.24) is 10.6 Å². The zero-order chi connectivity index (χ0) is 20.2. The Morgan fingerprint density at radius 2 is 1.68 bits per heavy atom. The van der Waals surface area contributed by atoms with Gasteiger partial charge in [0.25, 0.3) is 5.91 Å². The van der Waals surface area contributed by atoms with Crippen molar-refractivity contribution in [2.45, 2.75) is 45.6 Å². The summed E-state index contributed by atoms with van der Waals surface area (Å²) in [5.41, 5.74) is 0.553. The number of carbonyl (C=O) groups excluding carboxylic acids is 3. The third-order valence-electron chi connectivity index (χ3n) is 4.20. The number of hydrogen-bond acceptors (Lipinski definition) is 4. The average Bonchev–Trinajstić information content (AvgIpc) is 3.22. The molecule has 2 aromatic rings. The van der Waals surface area contributed by atoms with E-state index < -0.39 is 11.8 Å². The molecule has 2 rings (SSSR count). The van der Waals surface area contributed by atoms with Crippen LogP contribution < -0.4 is 16.0 Å². The lowest BCUT2D eigenvalue weighted by atomic mass is 10.1. The molecule has 1 aromatic heterocycles. The second-order valence-corrected chi connectivity index (χ2v) is 6.43. The third-order valence-corrected chi connectivity index (χ3v) is 4.20. The average molecular weight is 385 g/mol. The van der Waals surface area contributed by atoms with Crippen LogP contribution in [0.25, 0.3) is 0 Å². The summed E-state index contributed by atoms with van der Waals surface area (Å²) in [4.78, 5) is 36.5. The zero-order valence-corrected chi connectivity index (χ0v) is 16.1. The number of furan rings is 1. The van der Waals surface area contributed by atoms with Gasteiger partial charge in [-0.2, -0.15) is 0 Å². The maximum atomic E-state index is 12.4. The third kappa shape index (κ3) is 6.90. The standard InChI is InChI=1S/C21H27N3O4/c1-2-3-4-5-8-13-22-20(26)21(27)24-18-12-7-6-11-17(18)19(25)23-15-16-10-9-14-28-16/h6-7,9-12,14H,2-5,8,13,15H2,1H3,(H,22,26)(H,23,25)(H,24,27). The molecule has 3 amide bonds. The van der Waals surface area contributed by atoms with E-state index in [9.17, 15) is 14.4 Å². The Kier molecular flexibility index (Phi) is 8.78. The quantitative estimate of drug-likeness (QED) is 0.432. The topological polar surface area (TPSA) is 100 Å². The molecule has 1 aromatic carbocycles. The van der Waals surface area contributed by atoms with E-state index in [1.807, 2.05) is 0 Å². The number of carbonyl (C=O) groups is 3. The number of anilines is 1. The molecular formula is C21H27N3O4. The van der Waals surface area contributed by atoms with Gasteiger partial charge in [0.2, 0.25) is 0 Å². The van der Waals surface area contributed by atoms with Gasteiger partial charge in [-0.25, -0.2) is 0 Å². The summed E-state index contributed by atoms with van der Waals surface area (Å²) in [5.74, 6) is -1.25. The van der Waals surface area contributed by atoms with Crippen LogP contribution in [0.5, 0.6) is 0 Å². The van der Waals surface area contributed by atoms with Crippen molar-refractivity contribution in [1.29, 1.82) is 0 Å². The second kappa shape index (κ2) is 11.6. The molecular weight excluding hydrogens is 358 g/mol. The van der Waals surface area contributed by atoms with Crippen LogP contribution in [0, 0.1) is 0 Å². The molecule has 0 aliphatic heterocycles. The van der Waals surface area contributed by atoms with Gasteiger partial charge in [-0.1, -0.05) is 44.7 Å². The molecule has 0 atom stereocenters. The highest BCUT2D eigenvalue weighted by atomic mass is 16.3. The summed E-state index contributed by atoms with van der Waals surface area (Å²) >= 11 is 0.